The first kappa shape index (κ1) is 20.7. The van der Waals surface area contributed by atoms with Crippen LogP contribution in [0.3, 0.4) is 0 Å². The molecule has 2 aromatic carbocycles. The number of hydrogen-bond donors (Lipinski definition) is 2. The monoisotopic (exact) mass is 416 g/mol. The number of anilines is 1. The van der Waals surface area contributed by atoms with Crippen LogP contribution in [-0.2, 0) is 28.0 Å². The fourth-order valence-corrected chi connectivity index (χ4v) is 4.19. The second-order valence-electron chi connectivity index (χ2n) is 6.92. The van der Waals surface area contributed by atoms with Gasteiger partial charge >= 0.3 is 10.2 Å². The highest BCUT2D eigenvalue weighted by Gasteiger charge is 2.31. The fourth-order valence-electron chi connectivity index (χ4n) is 3.12. The summed E-state index contributed by atoms with van der Waals surface area (Å²) in [7, 11) is -3.94. The molecule has 7 nitrogen and oxygen atoms in total. The zero-order chi connectivity index (χ0) is 21.0. The Labute approximate surface area is 170 Å². The Morgan fingerprint density at radius 1 is 1.17 bits per heavy atom. The van der Waals surface area contributed by atoms with Gasteiger partial charge in [-0.2, -0.15) is 8.42 Å². The van der Waals surface area contributed by atoms with Crippen LogP contribution in [0.5, 0.6) is 5.75 Å². The molecule has 0 fully saturated rings. The van der Waals surface area contributed by atoms with Gasteiger partial charge in [-0.25, -0.2) is 9.03 Å². The maximum atomic E-state index is 12.3. The summed E-state index contributed by atoms with van der Waals surface area (Å²) >= 11 is 0. The molecule has 0 bridgehead atoms. The van der Waals surface area contributed by atoms with E-state index in [0.717, 1.165) is 21.6 Å². The summed E-state index contributed by atoms with van der Waals surface area (Å²) in [6, 6.07) is 14.6. The average molecular weight is 416 g/mol. The molecule has 0 aromatic heterocycles. The topological polar surface area (TPSA) is 95.9 Å². The minimum absolute atomic E-state index is 0.144. The van der Waals surface area contributed by atoms with Crippen molar-refractivity contribution in [2.45, 2.75) is 33.3 Å². The van der Waals surface area contributed by atoms with Crippen molar-refractivity contribution in [3.8, 4) is 5.75 Å². The molecule has 3 rings (SSSR count). The van der Waals surface area contributed by atoms with E-state index < -0.39 is 16.1 Å². The summed E-state index contributed by atoms with van der Waals surface area (Å²) in [5, 5.41) is 9.61. The molecule has 8 heteroatoms. The zero-order valence-corrected chi connectivity index (χ0v) is 17.1. The van der Waals surface area contributed by atoms with Gasteiger partial charge < -0.3 is 9.84 Å². The molecular formula is C21H24N2O5S. The van der Waals surface area contributed by atoms with Crippen molar-refractivity contribution in [3.05, 3.63) is 71.7 Å². The quantitative estimate of drug-likeness (QED) is 0.687. The maximum absolute atomic E-state index is 12.3. The molecule has 1 heterocycles. The van der Waals surface area contributed by atoms with Crippen molar-refractivity contribution >= 4 is 21.7 Å². The van der Waals surface area contributed by atoms with Crippen molar-refractivity contribution in [3.63, 3.8) is 0 Å². The number of rotatable bonds is 8. The van der Waals surface area contributed by atoms with E-state index in [2.05, 4.69) is 0 Å². The molecular weight excluding hydrogens is 392 g/mol. The zero-order valence-electron chi connectivity index (χ0n) is 16.3. The summed E-state index contributed by atoms with van der Waals surface area (Å²) in [6.07, 6.45) is 2.09. The van der Waals surface area contributed by atoms with E-state index >= 15 is 0 Å². The van der Waals surface area contributed by atoms with Crippen LogP contribution in [0.15, 0.2) is 60.6 Å². The van der Waals surface area contributed by atoms with Gasteiger partial charge in [0.15, 0.2) is 0 Å². The molecule has 0 amide bonds. The Balaban J connectivity index is 1.93. The number of nitrogens with zero attached hydrogens (tertiary/aromatic N) is 1. The van der Waals surface area contributed by atoms with Crippen LogP contribution in [0.25, 0.3) is 0 Å². The van der Waals surface area contributed by atoms with Crippen molar-refractivity contribution in [1.29, 1.82) is 0 Å². The molecule has 0 spiro atoms. The molecule has 1 atom stereocenters. The molecule has 0 aliphatic carbocycles. The minimum Gasteiger partial charge on any atom is -0.493 e. The van der Waals surface area contributed by atoms with Crippen LogP contribution in [0.1, 0.15) is 31.4 Å². The summed E-state index contributed by atoms with van der Waals surface area (Å²) in [5.74, 6) is -0.0990. The number of carbonyl (C=O) groups excluding carboxylic acids is 1. The van der Waals surface area contributed by atoms with Gasteiger partial charge in [-0.3, -0.25) is 4.79 Å². The molecule has 0 radical (unpaired) electrons. The van der Waals surface area contributed by atoms with E-state index in [-0.39, 0.29) is 24.0 Å². The summed E-state index contributed by atoms with van der Waals surface area (Å²) < 4.78 is 33.5. The van der Waals surface area contributed by atoms with Crippen LogP contribution < -0.4 is 13.8 Å². The summed E-state index contributed by atoms with van der Waals surface area (Å²) in [4.78, 5) is 11.9. The number of ketones is 1. The smallest absolute Gasteiger partial charge is 0.330 e. The Bertz CT molecular complexity index is 1020. The predicted molar refractivity (Wildman–Crippen MR) is 111 cm³/mol. The first-order valence-electron chi connectivity index (χ1n) is 9.35. The van der Waals surface area contributed by atoms with E-state index in [4.69, 9.17) is 4.74 Å². The SMILES string of the molecule is CCC(=O)C(C)Cc1ccc(N2C=C(O)NS2(=O)=O)c(OCc2ccccc2)c1. The lowest BCUT2D eigenvalue weighted by atomic mass is 9.95. The van der Waals surface area contributed by atoms with Gasteiger partial charge in [0.2, 0.25) is 5.88 Å². The van der Waals surface area contributed by atoms with Gasteiger partial charge in [-0.05, 0) is 29.7 Å². The van der Waals surface area contributed by atoms with Crippen molar-refractivity contribution in [1.82, 2.24) is 4.72 Å². The Kier molecular flexibility index (Phi) is 6.12. The number of carbonyl (C=O) groups is 1. The number of aliphatic hydroxyl groups is 1. The molecule has 2 aromatic rings. The molecule has 2 N–H and O–H groups in total. The second kappa shape index (κ2) is 8.57. The van der Waals surface area contributed by atoms with Crippen LogP contribution in [0.4, 0.5) is 5.69 Å². The number of Topliss-reactive ketones (excluding diaryl/α,β-unsaturated/α-hetero) is 1. The third-order valence-electron chi connectivity index (χ3n) is 4.67. The van der Waals surface area contributed by atoms with Gasteiger partial charge in [0.25, 0.3) is 0 Å². The lowest BCUT2D eigenvalue weighted by molar-refractivity contribution is -0.122. The van der Waals surface area contributed by atoms with Crippen LogP contribution in [0.2, 0.25) is 0 Å². The number of nitrogens with one attached hydrogen (secondary N) is 1. The van der Waals surface area contributed by atoms with Crippen LogP contribution in [-0.4, -0.2) is 19.3 Å². The summed E-state index contributed by atoms with van der Waals surface area (Å²) in [5.41, 5.74) is 2.07. The number of hydrogen-bond acceptors (Lipinski definition) is 5. The summed E-state index contributed by atoms with van der Waals surface area (Å²) in [6.45, 7) is 3.96. The van der Waals surface area contributed by atoms with Crippen LogP contribution >= 0.6 is 0 Å². The third kappa shape index (κ3) is 4.89. The highest BCUT2D eigenvalue weighted by molar-refractivity contribution is 7.91. The predicted octanol–water partition coefficient (Wildman–Crippen LogP) is 3.43. The highest BCUT2D eigenvalue weighted by Crippen LogP contribution is 2.34. The Morgan fingerprint density at radius 3 is 2.52 bits per heavy atom. The number of ether oxygens (including phenoxy) is 1. The van der Waals surface area contributed by atoms with Gasteiger partial charge in [0, 0.05) is 12.3 Å². The normalized spacial score (nSPS) is 16.1. The van der Waals surface area contributed by atoms with Gasteiger partial charge in [-0.15, -0.1) is 0 Å². The number of benzene rings is 2. The first-order valence-corrected chi connectivity index (χ1v) is 10.8. The molecule has 0 saturated heterocycles. The average Bonchev–Trinajstić information content (AvgIpc) is 2.98. The van der Waals surface area contributed by atoms with E-state index in [1.165, 1.54) is 0 Å². The second-order valence-corrected chi connectivity index (χ2v) is 8.47. The Hall–Kier alpha value is -3.00. The minimum atomic E-state index is -3.94. The lowest BCUT2D eigenvalue weighted by Crippen LogP contribution is -2.30. The van der Waals surface area contributed by atoms with E-state index in [9.17, 15) is 18.3 Å². The van der Waals surface area contributed by atoms with Gasteiger partial charge in [0.1, 0.15) is 23.8 Å². The van der Waals surface area contributed by atoms with Crippen molar-refractivity contribution in [2.75, 3.05) is 4.31 Å². The fraction of sp³-hybridized carbons (Fsp3) is 0.286. The highest BCUT2D eigenvalue weighted by atomic mass is 32.2. The molecule has 0 saturated carbocycles. The molecule has 29 heavy (non-hydrogen) atoms. The lowest BCUT2D eigenvalue weighted by Gasteiger charge is -2.20. The molecule has 154 valence electrons. The van der Waals surface area contributed by atoms with Gasteiger partial charge in [-0.1, -0.05) is 50.2 Å². The molecule has 1 unspecified atom stereocenters. The standard InChI is InChI=1S/C21H24N2O5S/c1-3-19(24)15(2)11-17-9-10-18(23-13-21(25)22-29(23,26)27)20(12-17)28-14-16-7-5-4-6-8-16/h4-10,12-13,15,22,25H,3,11,14H2,1-2H3. The van der Waals surface area contributed by atoms with E-state index in [1.54, 1.807) is 18.2 Å². The molecule has 1 aliphatic heterocycles. The van der Waals surface area contributed by atoms with Crippen LogP contribution in [0, 0.1) is 5.92 Å². The largest absolute Gasteiger partial charge is 0.493 e. The molecule has 1 aliphatic rings. The van der Waals surface area contributed by atoms with Crippen molar-refractivity contribution in [2.24, 2.45) is 5.92 Å². The third-order valence-corrected chi connectivity index (χ3v) is 5.96. The van der Waals surface area contributed by atoms with Crippen molar-refractivity contribution < 1.29 is 23.1 Å². The maximum Gasteiger partial charge on any atom is 0.330 e. The van der Waals surface area contributed by atoms with E-state index in [0.29, 0.717) is 18.6 Å². The van der Waals surface area contributed by atoms with E-state index in [1.807, 2.05) is 48.9 Å². The Morgan fingerprint density at radius 2 is 1.90 bits per heavy atom. The van der Waals surface area contributed by atoms with Gasteiger partial charge in [0.05, 0.1) is 6.20 Å². The number of aliphatic hydroxyl groups excluding tert-OH is 1. The first-order chi connectivity index (χ1) is 13.8.